The molecule has 0 aliphatic heterocycles. The van der Waals surface area contributed by atoms with Gasteiger partial charge in [-0.2, -0.15) is 4.98 Å². The standard InChI is InChI=1S/C12H16N4O/c1-3-9(13)6-11-15-12(16-17-11)10-4-5-14-7-8(10)2/h4-5,7,9H,3,6,13H2,1-2H3. The molecule has 0 aliphatic carbocycles. The Morgan fingerprint density at radius 1 is 1.47 bits per heavy atom. The molecule has 0 saturated heterocycles. The van der Waals surface area contributed by atoms with Crippen LogP contribution in [0, 0.1) is 6.92 Å². The summed E-state index contributed by atoms with van der Waals surface area (Å²) in [7, 11) is 0. The summed E-state index contributed by atoms with van der Waals surface area (Å²) < 4.78 is 5.19. The zero-order chi connectivity index (χ0) is 12.3. The summed E-state index contributed by atoms with van der Waals surface area (Å²) in [6, 6.07) is 1.95. The van der Waals surface area contributed by atoms with Gasteiger partial charge in [0.1, 0.15) is 0 Å². The minimum absolute atomic E-state index is 0.0711. The van der Waals surface area contributed by atoms with E-state index in [2.05, 4.69) is 15.1 Å². The lowest BCUT2D eigenvalue weighted by atomic mass is 10.1. The summed E-state index contributed by atoms with van der Waals surface area (Å²) in [4.78, 5) is 8.38. The number of hydrogen-bond donors (Lipinski definition) is 1. The molecule has 17 heavy (non-hydrogen) atoms. The molecule has 0 saturated carbocycles. The van der Waals surface area contributed by atoms with Gasteiger partial charge in [-0.25, -0.2) is 0 Å². The molecule has 5 heteroatoms. The molecule has 2 aromatic rings. The smallest absolute Gasteiger partial charge is 0.228 e. The van der Waals surface area contributed by atoms with E-state index in [1.807, 2.05) is 19.9 Å². The fourth-order valence-corrected chi connectivity index (χ4v) is 1.54. The molecule has 0 amide bonds. The van der Waals surface area contributed by atoms with E-state index in [0.29, 0.717) is 18.1 Å². The molecular weight excluding hydrogens is 216 g/mol. The first-order valence-electron chi connectivity index (χ1n) is 5.70. The highest BCUT2D eigenvalue weighted by Gasteiger charge is 2.12. The molecule has 0 spiro atoms. The molecule has 2 rings (SSSR count). The van der Waals surface area contributed by atoms with Gasteiger partial charge in [0.15, 0.2) is 0 Å². The second-order valence-electron chi connectivity index (χ2n) is 4.07. The number of hydrogen-bond acceptors (Lipinski definition) is 5. The molecule has 0 fully saturated rings. The molecule has 5 nitrogen and oxygen atoms in total. The minimum atomic E-state index is 0.0711. The van der Waals surface area contributed by atoms with Crippen molar-refractivity contribution < 1.29 is 4.52 Å². The number of rotatable bonds is 4. The van der Waals surface area contributed by atoms with Gasteiger partial charge in [-0.05, 0) is 25.0 Å². The molecule has 2 heterocycles. The van der Waals surface area contributed by atoms with Crippen LogP contribution in [0.15, 0.2) is 23.0 Å². The summed E-state index contributed by atoms with van der Waals surface area (Å²) in [5.41, 5.74) is 7.82. The van der Waals surface area contributed by atoms with Crippen LogP contribution in [0.5, 0.6) is 0 Å². The maximum absolute atomic E-state index is 5.85. The van der Waals surface area contributed by atoms with Gasteiger partial charge in [0.05, 0.1) is 0 Å². The molecular formula is C12H16N4O. The van der Waals surface area contributed by atoms with Crippen molar-refractivity contribution in [1.29, 1.82) is 0 Å². The molecule has 2 aromatic heterocycles. The number of aromatic nitrogens is 3. The first-order chi connectivity index (χ1) is 8.20. The van der Waals surface area contributed by atoms with E-state index in [-0.39, 0.29) is 6.04 Å². The van der Waals surface area contributed by atoms with Crippen LogP contribution in [-0.2, 0) is 6.42 Å². The Morgan fingerprint density at radius 2 is 2.29 bits per heavy atom. The molecule has 0 aliphatic rings. The summed E-state index contributed by atoms with van der Waals surface area (Å²) in [5, 5.41) is 3.97. The van der Waals surface area contributed by atoms with Crippen molar-refractivity contribution in [3.05, 3.63) is 29.9 Å². The second-order valence-corrected chi connectivity index (χ2v) is 4.07. The van der Waals surface area contributed by atoms with E-state index in [1.54, 1.807) is 12.4 Å². The minimum Gasteiger partial charge on any atom is -0.339 e. The molecule has 90 valence electrons. The van der Waals surface area contributed by atoms with Crippen LogP contribution in [0.1, 0.15) is 24.8 Å². The highest BCUT2D eigenvalue weighted by Crippen LogP contribution is 2.19. The van der Waals surface area contributed by atoms with E-state index in [0.717, 1.165) is 17.5 Å². The van der Waals surface area contributed by atoms with Crippen LogP contribution in [-0.4, -0.2) is 21.2 Å². The Hall–Kier alpha value is -1.75. The molecule has 0 aromatic carbocycles. The number of aryl methyl sites for hydroxylation is 1. The molecule has 0 radical (unpaired) electrons. The third-order valence-electron chi connectivity index (χ3n) is 2.69. The number of nitrogens with two attached hydrogens (primary N) is 1. The van der Waals surface area contributed by atoms with Gasteiger partial charge in [0.2, 0.25) is 11.7 Å². The lowest BCUT2D eigenvalue weighted by molar-refractivity contribution is 0.368. The quantitative estimate of drug-likeness (QED) is 0.868. The predicted molar refractivity (Wildman–Crippen MR) is 64.2 cm³/mol. The zero-order valence-corrected chi connectivity index (χ0v) is 10.1. The first-order valence-corrected chi connectivity index (χ1v) is 5.70. The third kappa shape index (κ3) is 2.68. The average molecular weight is 232 g/mol. The van der Waals surface area contributed by atoms with Crippen LogP contribution in [0.3, 0.4) is 0 Å². The van der Waals surface area contributed by atoms with E-state index in [9.17, 15) is 0 Å². The van der Waals surface area contributed by atoms with Gasteiger partial charge < -0.3 is 10.3 Å². The van der Waals surface area contributed by atoms with Crippen LogP contribution >= 0.6 is 0 Å². The van der Waals surface area contributed by atoms with E-state index >= 15 is 0 Å². The maximum atomic E-state index is 5.85. The summed E-state index contributed by atoms with van der Waals surface area (Å²) in [6.07, 6.45) is 5.01. The average Bonchev–Trinajstić information content (AvgIpc) is 2.78. The molecule has 1 unspecified atom stereocenters. The van der Waals surface area contributed by atoms with Gasteiger partial charge in [0.25, 0.3) is 0 Å². The fourth-order valence-electron chi connectivity index (χ4n) is 1.54. The van der Waals surface area contributed by atoms with Gasteiger partial charge in [-0.1, -0.05) is 12.1 Å². The highest BCUT2D eigenvalue weighted by molar-refractivity contribution is 5.57. The highest BCUT2D eigenvalue weighted by atomic mass is 16.5. The monoisotopic (exact) mass is 232 g/mol. The Balaban J connectivity index is 2.21. The van der Waals surface area contributed by atoms with Gasteiger partial charge in [-0.3, -0.25) is 4.98 Å². The van der Waals surface area contributed by atoms with Crippen LogP contribution in [0.25, 0.3) is 11.4 Å². The Labute approximate surface area is 100 Å². The predicted octanol–water partition coefficient (Wildman–Crippen LogP) is 1.72. The second kappa shape index (κ2) is 5.05. The lowest BCUT2D eigenvalue weighted by Crippen LogP contribution is -2.21. The van der Waals surface area contributed by atoms with E-state index < -0.39 is 0 Å². The van der Waals surface area contributed by atoms with Crippen molar-refractivity contribution >= 4 is 0 Å². The number of nitrogens with zero attached hydrogens (tertiary/aromatic N) is 3. The van der Waals surface area contributed by atoms with Crippen molar-refractivity contribution in [2.75, 3.05) is 0 Å². The Bertz CT molecular complexity index is 495. The third-order valence-corrected chi connectivity index (χ3v) is 2.69. The summed E-state index contributed by atoms with van der Waals surface area (Å²) in [5.74, 6) is 1.19. The molecule has 2 N–H and O–H groups in total. The zero-order valence-electron chi connectivity index (χ0n) is 10.1. The van der Waals surface area contributed by atoms with Crippen LogP contribution in [0.2, 0.25) is 0 Å². The fraction of sp³-hybridized carbons (Fsp3) is 0.417. The van der Waals surface area contributed by atoms with Crippen molar-refractivity contribution in [1.82, 2.24) is 15.1 Å². The van der Waals surface area contributed by atoms with Crippen molar-refractivity contribution in [3.63, 3.8) is 0 Å². The normalized spacial score (nSPS) is 12.6. The first kappa shape index (κ1) is 11.7. The van der Waals surface area contributed by atoms with E-state index in [4.69, 9.17) is 10.3 Å². The van der Waals surface area contributed by atoms with Crippen LogP contribution < -0.4 is 5.73 Å². The van der Waals surface area contributed by atoms with Crippen LogP contribution in [0.4, 0.5) is 0 Å². The maximum Gasteiger partial charge on any atom is 0.228 e. The van der Waals surface area contributed by atoms with Gasteiger partial charge >= 0.3 is 0 Å². The van der Waals surface area contributed by atoms with Crippen molar-refractivity contribution in [3.8, 4) is 11.4 Å². The SMILES string of the molecule is CCC(N)Cc1nc(-c2ccncc2C)no1. The molecule has 1 atom stereocenters. The van der Waals surface area contributed by atoms with E-state index in [1.165, 1.54) is 0 Å². The van der Waals surface area contributed by atoms with Crippen molar-refractivity contribution in [2.45, 2.75) is 32.7 Å². The largest absolute Gasteiger partial charge is 0.339 e. The molecule has 0 bridgehead atoms. The Morgan fingerprint density at radius 3 is 3.00 bits per heavy atom. The van der Waals surface area contributed by atoms with Gasteiger partial charge in [-0.15, -0.1) is 0 Å². The Kier molecular flexibility index (Phi) is 3.49. The summed E-state index contributed by atoms with van der Waals surface area (Å²) >= 11 is 0. The van der Waals surface area contributed by atoms with Crippen molar-refractivity contribution in [2.24, 2.45) is 5.73 Å². The number of pyridine rings is 1. The topological polar surface area (TPSA) is 77.8 Å². The lowest BCUT2D eigenvalue weighted by Gasteiger charge is -2.02. The van der Waals surface area contributed by atoms with Gasteiger partial charge in [0, 0.05) is 30.4 Å². The summed E-state index contributed by atoms with van der Waals surface area (Å²) in [6.45, 7) is 4.01.